The number of methoxy groups -OCH3 is 1. The molecule has 0 radical (unpaired) electrons. The molecule has 0 saturated heterocycles. The number of benzene rings is 1. The van der Waals surface area contributed by atoms with E-state index >= 15 is 0 Å². The Bertz CT molecular complexity index is 475. The van der Waals surface area contributed by atoms with Crippen LogP contribution in [-0.2, 0) is 4.74 Å². The highest BCUT2D eigenvalue weighted by Crippen LogP contribution is 2.27. The molecule has 1 N–H and O–H groups in total. The maximum absolute atomic E-state index is 12.5. The fourth-order valence-corrected chi connectivity index (χ4v) is 3.11. The lowest BCUT2D eigenvalue weighted by atomic mass is 9.83. The summed E-state index contributed by atoms with van der Waals surface area (Å²) in [5.41, 5.74) is 0.662. The second-order valence-electron chi connectivity index (χ2n) is 5.90. The largest absolute Gasteiger partial charge is 0.491 e. The van der Waals surface area contributed by atoms with Crippen LogP contribution in [0, 0.1) is 5.92 Å². The van der Waals surface area contributed by atoms with Crippen molar-refractivity contribution in [3.8, 4) is 5.75 Å². The van der Waals surface area contributed by atoms with Crippen molar-refractivity contribution < 1.29 is 14.3 Å². The quantitative estimate of drug-likeness (QED) is 0.785. The molecule has 1 fully saturated rings. The Kier molecular flexibility index (Phi) is 6.72. The van der Waals surface area contributed by atoms with Crippen LogP contribution in [0.5, 0.6) is 5.75 Å². The molecule has 0 heterocycles. The maximum atomic E-state index is 12.5. The zero-order valence-electron chi connectivity index (χ0n) is 13.6. The number of nitrogens with one attached hydrogen (secondary N) is 1. The number of amides is 1. The van der Waals surface area contributed by atoms with E-state index in [0.717, 1.165) is 12.8 Å². The van der Waals surface area contributed by atoms with Crippen LogP contribution in [0.1, 0.15) is 49.4 Å². The summed E-state index contributed by atoms with van der Waals surface area (Å²) in [6, 6.07) is 7.66. The Morgan fingerprint density at radius 3 is 2.86 bits per heavy atom. The van der Waals surface area contributed by atoms with Crippen LogP contribution >= 0.6 is 0 Å². The lowest BCUT2D eigenvalue weighted by molar-refractivity contribution is 0.0904. The van der Waals surface area contributed by atoms with E-state index in [-0.39, 0.29) is 5.91 Å². The van der Waals surface area contributed by atoms with Crippen molar-refractivity contribution in [2.75, 3.05) is 20.3 Å². The summed E-state index contributed by atoms with van der Waals surface area (Å²) in [5, 5.41) is 3.21. The van der Waals surface area contributed by atoms with Crippen molar-refractivity contribution in [2.45, 2.75) is 45.1 Å². The van der Waals surface area contributed by atoms with E-state index in [1.54, 1.807) is 13.2 Å². The van der Waals surface area contributed by atoms with Gasteiger partial charge in [0.2, 0.25) is 0 Å². The van der Waals surface area contributed by atoms with Gasteiger partial charge in [-0.15, -0.1) is 0 Å². The molecule has 122 valence electrons. The Hall–Kier alpha value is -1.55. The molecule has 22 heavy (non-hydrogen) atoms. The van der Waals surface area contributed by atoms with Gasteiger partial charge in [-0.05, 0) is 37.0 Å². The highest BCUT2D eigenvalue weighted by Gasteiger charge is 2.25. The molecular weight excluding hydrogens is 278 g/mol. The predicted octanol–water partition coefficient (Wildman–Crippen LogP) is 3.41. The lowest BCUT2D eigenvalue weighted by Gasteiger charge is -2.31. The molecule has 1 aliphatic carbocycles. The van der Waals surface area contributed by atoms with Gasteiger partial charge in [-0.1, -0.05) is 32.3 Å². The Labute approximate surface area is 133 Å². The third-order valence-electron chi connectivity index (χ3n) is 4.40. The van der Waals surface area contributed by atoms with Gasteiger partial charge < -0.3 is 14.8 Å². The van der Waals surface area contributed by atoms with Gasteiger partial charge in [0, 0.05) is 18.7 Å². The van der Waals surface area contributed by atoms with E-state index in [1.807, 2.05) is 18.2 Å². The van der Waals surface area contributed by atoms with E-state index in [0.29, 0.717) is 36.5 Å². The van der Waals surface area contributed by atoms with E-state index in [2.05, 4.69) is 12.2 Å². The van der Waals surface area contributed by atoms with Crippen LogP contribution in [0.3, 0.4) is 0 Å². The van der Waals surface area contributed by atoms with Gasteiger partial charge in [0.1, 0.15) is 12.4 Å². The van der Waals surface area contributed by atoms with Crippen molar-refractivity contribution in [2.24, 2.45) is 5.92 Å². The van der Waals surface area contributed by atoms with Gasteiger partial charge in [0.25, 0.3) is 5.91 Å². The monoisotopic (exact) mass is 305 g/mol. The molecule has 1 aliphatic rings. The third-order valence-corrected chi connectivity index (χ3v) is 4.40. The molecule has 1 amide bonds. The SMILES string of the molecule is CCC1CCCCC1NC(=O)c1cccc(OCCOC)c1. The summed E-state index contributed by atoms with van der Waals surface area (Å²) in [4.78, 5) is 12.5. The van der Waals surface area contributed by atoms with Crippen LogP contribution in [0.25, 0.3) is 0 Å². The van der Waals surface area contributed by atoms with Crippen LogP contribution in [0.4, 0.5) is 0 Å². The van der Waals surface area contributed by atoms with Crippen molar-refractivity contribution in [3.63, 3.8) is 0 Å². The highest BCUT2D eigenvalue weighted by molar-refractivity contribution is 5.94. The number of rotatable bonds is 7. The maximum Gasteiger partial charge on any atom is 0.251 e. The molecule has 2 atom stereocenters. The van der Waals surface area contributed by atoms with Crippen molar-refractivity contribution in [3.05, 3.63) is 29.8 Å². The van der Waals surface area contributed by atoms with Gasteiger partial charge in [0.05, 0.1) is 6.61 Å². The van der Waals surface area contributed by atoms with Crippen LogP contribution in [-0.4, -0.2) is 32.3 Å². The van der Waals surface area contributed by atoms with Gasteiger partial charge in [0.15, 0.2) is 0 Å². The van der Waals surface area contributed by atoms with Crippen LogP contribution in [0.15, 0.2) is 24.3 Å². The first-order valence-corrected chi connectivity index (χ1v) is 8.27. The van der Waals surface area contributed by atoms with Crippen molar-refractivity contribution in [1.29, 1.82) is 0 Å². The van der Waals surface area contributed by atoms with E-state index in [1.165, 1.54) is 19.3 Å². The van der Waals surface area contributed by atoms with Crippen molar-refractivity contribution in [1.82, 2.24) is 5.32 Å². The minimum atomic E-state index is 0.00235. The first-order chi connectivity index (χ1) is 10.7. The zero-order chi connectivity index (χ0) is 15.8. The Morgan fingerprint density at radius 1 is 1.27 bits per heavy atom. The average molecular weight is 305 g/mol. The van der Waals surface area contributed by atoms with Gasteiger partial charge in [-0.3, -0.25) is 4.79 Å². The summed E-state index contributed by atoms with van der Waals surface area (Å²) in [6.07, 6.45) is 5.94. The number of hydrogen-bond donors (Lipinski definition) is 1. The smallest absolute Gasteiger partial charge is 0.251 e. The predicted molar refractivity (Wildman–Crippen MR) is 87.3 cm³/mol. The normalized spacial score (nSPS) is 21.4. The summed E-state index contributed by atoms with van der Waals surface area (Å²) in [7, 11) is 1.64. The Balaban J connectivity index is 1.95. The molecule has 2 rings (SSSR count). The molecule has 1 aromatic rings. The van der Waals surface area contributed by atoms with Crippen LogP contribution in [0.2, 0.25) is 0 Å². The first-order valence-electron chi connectivity index (χ1n) is 8.27. The molecule has 0 spiro atoms. The van der Waals surface area contributed by atoms with Crippen molar-refractivity contribution >= 4 is 5.91 Å². The second-order valence-corrected chi connectivity index (χ2v) is 5.90. The zero-order valence-corrected chi connectivity index (χ0v) is 13.6. The van der Waals surface area contributed by atoms with E-state index < -0.39 is 0 Å². The summed E-state index contributed by atoms with van der Waals surface area (Å²) >= 11 is 0. The number of hydrogen-bond acceptors (Lipinski definition) is 3. The van der Waals surface area contributed by atoms with E-state index in [4.69, 9.17) is 9.47 Å². The number of carbonyl (C=O) groups is 1. The molecule has 0 bridgehead atoms. The second kappa shape index (κ2) is 8.79. The van der Waals surface area contributed by atoms with Gasteiger partial charge in [-0.25, -0.2) is 0 Å². The third kappa shape index (κ3) is 4.73. The highest BCUT2D eigenvalue weighted by atomic mass is 16.5. The Morgan fingerprint density at radius 2 is 2.09 bits per heavy atom. The minimum Gasteiger partial charge on any atom is -0.491 e. The topological polar surface area (TPSA) is 47.6 Å². The summed E-state index contributed by atoms with van der Waals surface area (Å²) in [5.74, 6) is 1.32. The summed E-state index contributed by atoms with van der Waals surface area (Å²) in [6.45, 7) is 3.23. The number of ether oxygens (including phenoxy) is 2. The first kappa shape index (κ1) is 16.8. The average Bonchev–Trinajstić information content (AvgIpc) is 2.56. The standard InChI is InChI=1S/C18H27NO3/c1-3-14-7-4-5-10-17(14)19-18(20)15-8-6-9-16(13-15)22-12-11-21-2/h6,8-9,13-14,17H,3-5,7,10-12H2,1-2H3,(H,19,20). The molecule has 1 aromatic carbocycles. The van der Waals surface area contributed by atoms with Crippen LogP contribution < -0.4 is 10.1 Å². The van der Waals surface area contributed by atoms with Gasteiger partial charge in [-0.2, -0.15) is 0 Å². The molecule has 2 unspecified atom stereocenters. The van der Waals surface area contributed by atoms with Gasteiger partial charge >= 0.3 is 0 Å². The molecular formula is C18H27NO3. The lowest BCUT2D eigenvalue weighted by Crippen LogP contribution is -2.41. The van der Waals surface area contributed by atoms with E-state index in [9.17, 15) is 4.79 Å². The molecule has 0 aliphatic heterocycles. The molecule has 4 heteroatoms. The minimum absolute atomic E-state index is 0.00235. The molecule has 4 nitrogen and oxygen atoms in total. The number of carbonyl (C=O) groups excluding carboxylic acids is 1. The summed E-state index contributed by atoms with van der Waals surface area (Å²) < 4.78 is 10.5. The molecule has 1 saturated carbocycles. The molecule has 0 aromatic heterocycles. The fraction of sp³-hybridized carbons (Fsp3) is 0.611. The fourth-order valence-electron chi connectivity index (χ4n) is 3.11.